The highest BCUT2D eigenvalue weighted by atomic mass is 32.2. The van der Waals surface area contributed by atoms with E-state index in [1.165, 1.54) is 62.6 Å². The van der Waals surface area contributed by atoms with Gasteiger partial charge in [0.25, 0.3) is 0 Å². The van der Waals surface area contributed by atoms with Crippen molar-refractivity contribution in [2.24, 2.45) is 0 Å². The molecule has 3 aromatic carbocycles. The molecule has 0 aliphatic heterocycles. The number of anilines is 1. The zero-order chi connectivity index (χ0) is 28.6. The second-order valence-corrected chi connectivity index (χ2v) is 10.6. The number of methoxy groups -OCH3 is 2. The minimum absolute atomic E-state index is 0.135. The van der Waals surface area contributed by atoms with Crippen molar-refractivity contribution < 1.29 is 31.9 Å². The average Bonchev–Trinajstić information content (AvgIpc) is 2.93. The van der Waals surface area contributed by atoms with Gasteiger partial charge >= 0.3 is 0 Å². The number of halogens is 1. The summed E-state index contributed by atoms with van der Waals surface area (Å²) < 4.78 is 51.8. The third-order valence-corrected chi connectivity index (χ3v) is 7.29. The number of nitrogens with one attached hydrogen (secondary N) is 1. The van der Waals surface area contributed by atoms with Crippen LogP contribution in [-0.2, 0) is 32.6 Å². The molecule has 0 aliphatic carbocycles. The first-order valence-electron chi connectivity index (χ1n) is 12.1. The number of rotatable bonds is 12. The largest absolute Gasteiger partial charge is 0.493 e. The molecule has 3 aromatic rings. The summed E-state index contributed by atoms with van der Waals surface area (Å²) >= 11 is 0. The molecule has 0 bridgehead atoms. The Bertz CT molecular complexity index is 1400. The van der Waals surface area contributed by atoms with Crippen LogP contribution in [0, 0.1) is 5.82 Å². The number of ether oxygens (including phenoxy) is 2. The van der Waals surface area contributed by atoms with Crippen molar-refractivity contribution in [1.29, 1.82) is 0 Å². The fraction of sp³-hybridized carbons (Fsp3) is 0.286. The van der Waals surface area contributed by atoms with E-state index in [0.29, 0.717) is 5.75 Å². The number of carbonyl (C=O) groups is 2. The van der Waals surface area contributed by atoms with E-state index in [-0.39, 0.29) is 30.0 Å². The van der Waals surface area contributed by atoms with E-state index >= 15 is 0 Å². The van der Waals surface area contributed by atoms with Crippen molar-refractivity contribution in [3.63, 3.8) is 0 Å². The van der Waals surface area contributed by atoms with E-state index in [1.807, 2.05) is 30.3 Å². The molecule has 0 unspecified atom stereocenters. The number of benzene rings is 3. The molecular formula is C28H32FN3O6S. The molecule has 0 aromatic heterocycles. The molecule has 39 heavy (non-hydrogen) atoms. The number of carbonyl (C=O) groups excluding carboxylic acids is 2. The lowest BCUT2D eigenvalue weighted by atomic mass is 10.0. The van der Waals surface area contributed by atoms with Crippen LogP contribution in [0.4, 0.5) is 10.1 Å². The van der Waals surface area contributed by atoms with Gasteiger partial charge in [-0.05, 0) is 23.8 Å². The van der Waals surface area contributed by atoms with Crippen LogP contribution in [0.25, 0.3) is 0 Å². The van der Waals surface area contributed by atoms with Crippen LogP contribution < -0.4 is 19.1 Å². The summed E-state index contributed by atoms with van der Waals surface area (Å²) in [7, 11) is 0.329. The van der Waals surface area contributed by atoms with Gasteiger partial charge in [0.2, 0.25) is 21.8 Å². The summed E-state index contributed by atoms with van der Waals surface area (Å²) in [6.07, 6.45) is 1.11. The minimum atomic E-state index is -3.97. The Labute approximate surface area is 228 Å². The number of amides is 2. The molecule has 2 amide bonds. The average molecular weight is 558 g/mol. The van der Waals surface area contributed by atoms with Crippen LogP contribution in [0.1, 0.15) is 11.1 Å². The summed E-state index contributed by atoms with van der Waals surface area (Å²) in [6.45, 7) is -0.884. The third-order valence-electron chi connectivity index (χ3n) is 6.15. The molecule has 1 atom stereocenters. The number of sulfonamides is 1. The smallest absolute Gasteiger partial charge is 0.244 e. The van der Waals surface area contributed by atoms with E-state index in [2.05, 4.69) is 5.32 Å². The van der Waals surface area contributed by atoms with Gasteiger partial charge in [-0.25, -0.2) is 12.8 Å². The highest BCUT2D eigenvalue weighted by Gasteiger charge is 2.33. The first kappa shape index (κ1) is 29.4. The Balaban J connectivity index is 2.06. The lowest BCUT2D eigenvalue weighted by molar-refractivity contribution is -0.139. The fourth-order valence-electron chi connectivity index (χ4n) is 4.12. The molecule has 0 fully saturated rings. The van der Waals surface area contributed by atoms with Crippen LogP contribution in [-0.4, -0.2) is 65.2 Å². The first-order valence-corrected chi connectivity index (χ1v) is 13.9. The van der Waals surface area contributed by atoms with Crippen molar-refractivity contribution >= 4 is 27.5 Å². The van der Waals surface area contributed by atoms with Gasteiger partial charge in [-0.2, -0.15) is 0 Å². The Hall–Kier alpha value is -4.12. The van der Waals surface area contributed by atoms with Crippen LogP contribution >= 0.6 is 0 Å². The number of hydrogen-bond donors (Lipinski definition) is 1. The minimum Gasteiger partial charge on any atom is -0.493 e. The molecule has 0 aliphatic rings. The number of hydrogen-bond acceptors (Lipinski definition) is 6. The molecule has 0 saturated heterocycles. The molecule has 11 heteroatoms. The van der Waals surface area contributed by atoms with E-state index in [9.17, 15) is 22.4 Å². The molecule has 0 heterocycles. The molecular weight excluding hydrogens is 525 g/mol. The summed E-state index contributed by atoms with van der Waals surface area (Å²) in [5.41, 5.74) is 1.12. The first-order chi connectivity index (χ1) is 18.6. The van der Waals surface area contributed by atoms with E-state index in [1.54, 1.807) is 6.07 Å². The SMILES string of the molecule is CNC(=O)[C@@H](Cc1ccccc1)N(Cc1ccccc1F)C(=O)CN(c1ccc(OC)c(OC)c1)S(C)(=O)=O. The maximum atomic E-state index is 14.7. The molecule has 1 N–H and O–H groups in total. The van der Waals surface area contributed by atoms with Gasteiger partial charge in [0.1, 0.15) is 18.4 Å². The number of likely N-dealkylation sites (N-methyl/N-ethyl adjacent to an activating group) is 1. The Morgan fingerprint density at radius 2 is 1.59 bits per heavy atom. The second-order valence-electron chi connectivity index (χ2n) is 8.74. The van der Waals surface area contributed by atoms with E-state index < -0.39 is 40.2 Å². The van der Waals surface area contributed by atoms with Crippen molar-refractivity contribution in [1.82, 2.24) is 10.2 Å². The van der Waals surface area contributed by atoms with Crippen LogP contribution in [0.15, 0.2) is 72.8 Å². The van der Waals surface area contributed by atoms with E-state index in [4.69, 9.17) is 9.47 Å². The fourth-order valence-corrected chi connectivity index (χ4v) is 4.97. The molecule has 0 radical (unpaired) electrons. The Morgan fingerprint density at radius 1 is 0.949 bits per heavy atom. The second kappa shape index (κ2) is 13.1. The van der Waals surface area contributed by atoms with Gasteiger partial charge < -0.3 is 19.7 Å². The zero-order valence-corrected chi connectivity index (χ0v) is 23.1. The lowest BCUT2D eigenvalue weighted by Crippen LogP contribution is -2.53. The van der Waals surface area contributed by atoms with E-state index in [0.717, 1.165) is 16.1 Å². The topological polar surface area (TPSA) is 105 Å². The quantitative estimate of drug-likeness (QED) is 0.367. The third kappa shape index (κ3) is 7.47. The summed E-state index contributed by atoms with van der Waals surface area (Å²) in [4.78, 5) is 28.2. The summed E-state index contributed by atoms with van der Waals surface area (Å²) in [5.74, 6) is -1.06. The summed E-state index contributed by atoms with van der Waals surface area (Å²) in [5, 5.41) is 2.58. The van der Waals surface area contributed by atoms with Crippen molar-refractivity contribution in [2.75, 3.05) is 38.4 Å². The normalized spacial score (nSPS) is 11.8. The molecule has 9 nitrogen and oxygen atoms in total. The Kier molecular flexibility index (Phi) is 9.89. The van der Waals surface area contributed by atoms with Crippen LogP contribution in [0.5, 0.6) is 11.5 Å². The number of nitrogens with zero attached hydrogens (tertiary/aromatic N) is 2. The standard InChI is InChI=1S/C28H32FN3O6S/c1-30-28(34)24(16-20-10-6-5-7-11-20)31(18-21-12-8-9-13-23(21)29)27(33)19-32(39(4,35)36)22-14-15-25(37-2)26(17-22)38-3/h5-15,17,24H,16,18-19H2,1-4H3,(H,30,34)/t24-/m1/s1. The maximum absolute atomic E-state index is 14.7. The monoisotopic (exact) mass is 557 g/mol. The predicted octanol–water partition coefficient (Wildman–Crippen LogP) is 3.00. The van der Waals surface area contributed by atoms with Crippen molar-refractivity contribution in [3.8, 4) is 11.5 Å². The Morgan fingerprint density at radius 3 is 2.18 bits per heavy atom. The van der Waals surface area contributed by atoms with Gasteiger partial charge in [0, 0.05) is 31.6 Å². The van der Waals surface area contributed by atoms with Gasteiger partial charge in [-0.3, -0.25) is 13.9 Å². The highest BCUT2D eigenvalue weighted by Crippen LogP contribution is 2.32. The summed E-state index contributed by atoms with van der Waals surface area (Å²) in [6, 6.07) is 18.4. The van der Waals surface area contributed by atoms with Crippen molar-refractivity contribution in [3.05, 3.63) is 89.7 Å². The van der Waals surface area contributed by atoms with Gasteiger partial charge in [0.15, 0.2) is 11.5 Å². The molecule has 0 spiro atoms. The molecule has 3 rings (SSSR count). The predicted molar refractivity (Wildman–Crippen MR) is 147 cm³/mol. The van der Waals surface area contributed by atoms with Crippen LogP contribution in [0.2, 0.25) is 0 Å². The maximum Gasteiger partial charge on any atom is 0.244 e. The van der Waals surface area contributed by atoms with Crippen molar-refractivity contribution in [2.45, 2.75) is 19.0 Å². The van der Waals surface area contributed by atoms with Gasteiger partial charge in [-0.1, -0.05) is 48.5 Å². The van der Waals surface area contributed by atoms with Gasteiger partial charge in [-0.15, -0.1) is 0 Å². The molecule has 0 saturated carbocycles. The van der Waals surface area contributed by atoms with Gasteiger partial charge in [0.05, 0.1) is 26.2 Å². The highest BCUT2D eigenvalue weighted by molar-refractivity contribution is 7.92. The zero-order valence-electron chi connectivity index (χ0n) is 22.3. The van der Waals surface area contributed by atoms with Crippen LogP contribution in [0.3, 0.4) is 0 Å². The molecule has 208 valence electrons. The lowest BCUT2D eigenvalue weighted by Gasteiger charge is -2.33.